The number of fused-ring (bicyclic) bond motifs is 2. The maximum atomic E-state index is 10.7. The van der Waals surface area contributed by atoms with Crippen LogP contribution in [-0.2, 0) is 19.1 Å². The van der Waals surface area contributed by atoms with E-state index in [0.29, 0.717) is 0 Å². The Hall–Kier alpha value is -2.37. The van der Waals surface area contributed by atoms with Gasteiger partial charge in [-0.1, -0.05) is 0 Å². The number of benzene rings is 1. The number of hydrogen-bond donors (Lipinski definition) is 2. The number of carbonyl (C=O) groups excluding carboxylic acids is 2. The van der Waals surface area contributed by atoms with Crippen molar-refractivity contribution in [1.29, 1.82) is 5.41 Å². The van der Waals surface area contributed by atoms with Crippen molar-refractivity contribution in [3.63, 3.8) is 0 Å². The maximum absolute atomic E-state index is 10.7. The van der Waals surface area contributed by atoms with E-state index in [4.69, 9.17) is 5.41 Å². The Kier molecular flexibility index (Phi) is 5.53. The third kappa shape index (κ3) is 4.79. The molecule has 0 fully saturated rings. The van der Waals surface area contributed by atoms with Gasteiger partial charge in [-0.2, -0.15) is 0 Å². The van der Waals surface area contributed by atoms with Crippen LogP contribution in [0.5, 0.6) is 0 Å². The van der Waals surface area contributed by atoms with Gasteiger partial charge >= 0.3 is 11.9 Å². The highest BCUT2D eigenvalue weighted by Gasteiger charge is 2.14. The number of esters is 2. The van der Waals surface area contributed by atoms with Crippen molar-refractivity contribution in [3.8, 4) is 0 Å². The molecule has 6 heteroatoms. The molecule has 2 bridgehead atoms. The summed E-state index contributed by atoms with van der Waals surface area (Å²) in [5, 5.41) is 7.03. The van der Waals surface area contributed by atoms with Crippen LogP contribution in [0.15, 0.2) is 24.3 Å². The quantitative estimate of drug-likeness (QED) is 0.649. The number of nitrogens with one attached hydrogen (secondary N) is 2. The number of H-pyrrole nitrogens is 1. The molecule has 2 aromatic heterocycles. The van der Waals surface area contributed by atoms with Crippen molar-refractivity contribution >= 4 is 28.7 Å². The molecule has 2 aromatic rings. The Morgan fingerprint density at radius 3 is 2.05 bits per heavy atom. The van der Waals surface area contributed by atoms with Gasteiger partial charge in [-0.05, 0) is 31.2 Å². The van der Waals surface area contributed by atoms with Gasteiger partial charge in [0.2, 0.25) is 0 Å². The number of carbonyl (C=O) groups is 2. The average Bonchev–Trinajstić information content (AvgIpc) is 3.03. The topological polar surface area (TPSA) is 92.2 Å². The molecule has 102 valence electrons. The lowest BCUT2D eigenvalue weighted by Gasteiger charge is -2.01. The predicted molar refractivity (Wildman–Crippen MR) is 70.5 cm³/mol. The molecule has 0 unspecified atom stereocenters. The van der Waals surface area contributed by atoms with Gasteiger partial charge in [-0.3, -0.25) is 10.2 Å². The summed E-state index contributed by atoms with van der Waals surface area (Å²) in [6.45, 7) is 1.90. The van der Waals surface area contributed by atoms with Crippen molar-refractivity contribution in [2.45, 2.75) is 13.3 Å². The number of ether oxygens (including phenoxy) is 2. The summed E-state index contributed by atoms with van der Waals surface area (Å²) in [6.07, 6.45) is -0.333. The molecule has 2 heterocycles. The molecular weight excluding hydrogens is 248 g/mol. The zero-order valence-corrected chi connectivity index (χ0v) is 10.9. The fourth-order valence-corrected chi connectivity index (χ4v) is 1.36. The molecule has 0 amide bonds. The minimum Gasteiger partial charge on any atom is -0.466 e. The van der Waals surface area contributed by atoms with E-state index < -0.39 is 17.7 Å². The van der Waals surface area contributed by atoms with E-state index in [1.165, 1.54) is 11.0 Å². The largest absolute Gasteiger partial charge is 0.466 e. The molecule has 0 radical (unpaired) electrons. The van der Waals surface area contributed by atoms with Crippen molar-refractivity contribution in [2.75, 3.05) is 13.7 Å². The predicted octanol–water partition coefficient (Wildman–Crippen LogP) is 1.74. The van der Waals surface area contributed by atoms with Crippen LogP contribution in [0.3, 0.4) is 0 Å². The van der Waals surface area contributed by atoms with Crippen molar-refractivity contribution < 1.29 is 19.1 Å². The van der Waals surface area contributed by atoms with Gasteiger partial charge in [0.25, 0.3) is 0 Å². The zero-order chi connectivity index (χ0) is 14.3. The van der Waals surface area contributed by atoms with Crippen LogP contribution in [0, 0.1) is 5.41 Å². The molecule has 0 saturated carbocycles. The Labute approximate surface area is 110 Å². The average molecular weight is 264 g/mol. The second kappa shape index (κ2) is 7.15. The molecule has 2 N–H and O–H groups in total. The molecular formula is C13H16N2O4. The van der Waals surface area contributed by atoms with E-state index in [0.717, 1.165) is 7.11 Å². The van der Waals surface area contributed by atoms with Gasteiger partial charge in [0.15, 0.2) is 0 Å². The Morgan fingerprint density at radius 2 is 1.74 bits per heavy atom. The fourth-order valence-electron chi connectivity index (χ4n) is 1.36. The van der Waals surface area contributed by atoms with E-state index in [1.54, 1.807) is 6.92 Å². The maximum Gasteiger partial charge on any atom is 0.352 e. The van der Waals surface area contributed by atoms with E-state index >= 15 is 0 Å². The van der Waals surface area contributed by atoms with Crippen LogP contribution < -0.4 is 0 Å². The van der Waals surface area contributed by atoms with Crippen LogP contribution in [0.1, 0.15) is 13.3 Å². The van der Waals surface area contributed by atoms with Crippen LogP contribution in [0.2, 0.25) is 0 Å². The number of aromatic nitrogens is 1. The smallest absolute Gasteiger partial charge is 0.352 e. The monoisotopic (exact) mass is 264 g/mol. The summed E-state index contributed by atoms with van der Waals surface area (Å²) in [6, 6.07) is 8.26. The number of rotatable bonds is 4. The standard InChI is InChI=1S/C7H11NO4.C6H5N/c1-3-12-6(9)4-5(8)7(10)11-2;1-2-6-4-3-5(1)7-6/h8H,3-4H2,1-2H3;1-4,7H. The molecule has 0 aliphatic rings. The van der Waals surface area contributed by atoms with Crippen molar-refractivity contribution in [3.05, 3.63) is 24.3 Å². The molecule has 0 atom stereocenters. The summed E-state index contributed by atoms with van der Waals surface area (Å²) in [4.78, 5) is 24.4. The van der Waals surface area contributed by atoms with Crippen molar-refractivity contribution in [2.24, 2.45) is 0 Å². The summed E-state index contributed by atoms with van der Waals surface area (Å²) < 4.78 is 8.74. The van der Waals surface area contributed by atoms with E-state index in [2.05, 4.69) is 38.7 Å². The number of hydrogen-bond acceptors (Lipinski definition) is 5. The second-order valence-corrected chi connectivity index (χ2v) is 3.65. The summed E-state index contributed by atoms with van der Waals surface area (Å²) >= 11 is 0. The molecule has 0 aliphatic carbocycles. The van der Waals surface area contributed by atoms with Gasteiger partial charge in [0, 0.05) is 11.0 Å². The van der Waals surface area contributed by atoms with Crippen LogP contribution in [-0.4, -0.2) is 36.4 Å². The van der Waals surface area contributed by atoms with Gasteiger partial charge in [0.1, 0.15) is 5.71 Å². The second-order valence-electron chi connectivity index (χ2n) is 3.65. The summed E-state index contributed by atoms with van der Waals surface area (Å²) in [5.41, 5.74) is 2.04. The molecule has 0 saturated heterocycles. The first-order valence-electron chi connectivity index (χ1n) is 5.75. The SMILES string of the molecule is CCOC(=O)CC(=N)C(=O)OC.c1cc2ccc1[nH]2. The molecule has 0 spiro atoms. The molecule has 6 nitrogen and oxygen atoms in total. The van der Waals surface area contributed by atoms with E-state index in [1.807, 2.05) is 0 Å². The molecule has 19 heavy (non-hydrogen) atoms. The molecule has 2 rings (SSSR count). The van der Waals surface area contributed by atoms with Crippen LogP contribution in [0.25, 0.3) is 11.0 Å². The molecule has 0 aromatic carbocycles. The first kappa shape index (κ1) is 14.7. The highest BCUT2D eigenvalue weighted by Crippen LogP contribution is 2.07. The van der Waals surface area contributed by atoms with Gasteiger partial charge in [0.05, 0.1) is 20.1 Å². The summed E-state index contributed by atoms with van der Waals surface area (Å²) in [5.74, 6) is -1.39. The van der Waals surface area contributed by atoms with Crippen LogP contribution in [0.4, 0.5) is 0 Å². The highest BCUT2D eigenvalue weighted by molar-refractivity contribution is 6.38. The normalized spacial score (nSPS) is 9.58. The van der Waals surface area contributed by atoms with Crippen LogP contribution >= 0.6 is 0 Å². The highest BCUT2D eigenvalue weighted by atomic mass is 16.5. The van der Waals surface area contributed by atoms with Crippen molar-refractivity contribution in [1.82, 2.24) is 4.98 Å². The fraction of sp³-hybridized carbons (Fsp3) is 0.308. The van der Waals surface area contributed by atoms with Gasteiger partial charge in [-0.15, -0.1) is 0 Å². The Morgan fingerprint density at radius 1 is 1.21 bits per heavy atom. The van der Waals surface area contributed by atoms with Gasteiger partial charge in [-0.25, -0.2) is 4.79 Å². The molecule has 0 aliphatic heterocycles. The minimum atomic E-state index is -0.803. The first-order chi connectivity index (χ1) is 9.06. The lowest BCUT2D eigenvalue weighted by atomic mass is 10.3. The third-order valence-electron chi connectivity index (χ3n) is 2.23. The lowest BCUT2D eigenvalue weighted by Crippen LogP contribution is -2.19. The van der Waals surface area contributed by atoms with Gasteiger partial charge < -0.3 is 14.5 Å². The number of methoxy groups -OCH3 is 1. The summed E-state index contributed by atoms with van der Waals surface area (Å²) in [7, 11) is 1.15. The van der Waals surface area contributed by atoms with E-state index in [9.17, 15) is 9.59 Å². The number of aromatic amines is 1. The zero-order valence-electron chi connectivity index (χ0n) is 10.9. The first-order valence-corrected chi connectivity index (χ1v) is 5.75. The minimum absolute atomic E-state index is 0.243. The lowest BCUT2D eigenvalue weighted by molar-refractivity contribution is -0.142. The van der Waals surface area contributed by atoms with E-state index in [-0.39, 0.29) is 13.0 Å². The Bertz CT molecular complexity index is 502. The third-order valence-corrected chi connectivity index (χ3v) is 2.23. The Balaban J connectivity index is 0.000000213.